The number of aliphatic hydroxyl groups excluding tert-OH is 1. The van der Waals surface area contributed by atoms with Crippen LogP contribution in [-0.4, -0.2) is 24.4 Å². The molecule has 3 nitrogen and oxygen atoms in total. The lowest BCUT2D eigenvalue weighted by atomic mass is 9.64. The Hall–Kier alpha value is -0.100. The van der Waals surface area contributed by atoms with Gasteiger partial charge >= 0.3 is 0 Å². The van der Waals surface area contributed by atoms with E-state index in [9.17, 15) is 5.11 Å². The smallest absolute Gasteiger partial charge is 0.137 e. The number of hydrogen-bond donors (Lipinski definition) is 2. The quantitative estimate of drug-likeness (QED) is 0.824. The summed E-state index contributed by atoms with van der Waals surface area (Å²) in [6, 6.07) is 4.36. The molecule has 2 atom stereocenters. The number of halogens is 2. The molecule has 1 saturated carbocycles. The maximum absolute atomic E-state index is 9.75. The van der Waals surface area contributed by atoms with E-state index in [0.717, 1.165) is 33.2 Å². The first-order chi connectivity index (χ1) is 8.86. The largest absolute Gasteiger partial charge is 0.495 e. The number of nitrogens with one attached hydrogen (secondary N) is 1. The van der Waals surface area contributed by atoms with Gasteiger partial charge in [-0.3, -0.25) is 0 Å². The zero-order valence-electron chi connectivity index (χ0n) is 11.3. The summed E-state index contributed by atoms with van der Waals surface area (Å²) in [5.74, 6) is 0.855. The molecule has 1 aromatic rings. The van der Waals surface area contributed by atoms with Gasteiger partial charge in [0.15, 0.2) is 0 Å². The predicted octanol–water partition coefficient (Wildman–Crippen LogP) is 3.47. The molecule has 0 saturated heterocycles. The van der Waals surface area contributed by atoms with Crippen molar-refractivity contribution in [2.45, 2.75) is 39.0 Å². The standard InChI is InChI=1S/C14H19Br2NO2/c1-14(2)11(6-12(14)18)17-7-8-4-9(15)5-10(16)13(8)19-3/h4-5,11-12,17-18H,6-7H2,1-3H3. The molecule has 0 spiro atoms. The van der Waals surface area contributed by atoms with Crippen LogP contribution >= 0.6 is 31.9 Å². The van der Waals surface area contributed by atoms with Gasteiger partial charge in [-0.1, -0.05) is 29.8 Å². The summed E-state index contributed by atoms with van der Waals surface area (Å²) in [4.78, 5) is 0. The van der Waals surface area contributed by atoms with Gasteiger partial charge in [-0.2, -0.15) is 0 Å². The lowest BCUT2D eigenvalue weighted by Gasteiger charge is -2.49. The van der Waals surface area contributed by atoms with Gasteiger partial charge in [0.1, 0.15) is 5.75 Å². The molecule has 2 rings (SSSR count). The SMILES string of the molecule is COc1c(Br)cc(Br)cc1CNC1CC(O)C1(C)C. The monoisotopic (exact) mass is 391 g/mol. The maximum Gasteiger partial charge on any atom is 0.137 e. The highest BCUT2D eigenvalue weighted by molar-refractivity contribution is 9.11. The van der Waals surface area contributed by atoms with Crippen LogP contribution in [0.15, 0.2) is 21.1 Å². The Morgan fingerprint density at radius 2 is 2.11 bits per heavy atom. The van der Waals surface area contributed by atoms with Crippen LogP contribution in [0.4, 0.5) is 0 Å². The molecule has 0 heterocycles. The minimum absolute atomic E-state index is 0.0590. The van der Waals surface area contributed by atoms with Gasteiger partial charge in [-0.05, 0) is 34.5 Å². The van der Waals surface area contributed by atoms with E-state index < -0.39 is 0 Å². The summed E-state index contributed by atoms with van der Waals surface area (Å²) in [5.41, 5.74) is 1.04. The fourth-order valence-corrected chi connectivity index (χ4v) is 3.93. The fourth-order valence-electron chi connectivity index (χ4n) is 2.46. The van der Waals surface area contributed by atoms with E-state index in [0.29, 0.717) is 6.04 Å². The first kappa shape index (κ1) is 15.3. The van der Waals surface area contributed by atoms with Gasteiger partial charge in [0, 0.05) is 28.0 Å². The molecule has 0 radical (unpaired) electrons. The second-order valence-electron chi connectivity index (χ2n) is 5.59. The normalized spacial score (nSPS) is 24.9. The average molecular weight is 393 g/mol. The molecule has 0 amide bonds. The van der Waals surface area contributed by atoms with Crippen molar-refractivity contribution in [3.63, 3.8) is 0 Å². The lowest BCUT2D eigenvalue weighted by Crippen LogP contribution is -2.59. The number of aliphatic hydroxyl groups is 1. The number of methoxy groups -OCH3 is 1. The van der Waals surface area contributed by atoms with Crippen molar-refractivity contribution in [3.05, 3.63) is 26.6 Å². The third-order valence-corrected chi connectivity index (χ3v) is 5.09. The Kier molecular flexibility index (Phi) is 4.60. The van der Waals surface area contributed by atoms with Gasteiger partial charge in [-0.15, -0.1) is 0 Å². The fraction of sp³-hybridized carbons (Fsp3) is 0.571. The Morgan fingerprint density at radius 1 is 1.42 bits per heavy atom. The van der Waals surface area contributed by atoms with Crippen LogP contribution in [0.1, 0.15) is 25.8 Å². The van der Waals surface area contributed by atoms with E-state index in [2.05, 4.69) is 57.1 Å². The Morgan fingerprint density at radius 3 is 2.63 bits per heavy atom. The van der Waals surface area contributed by atoms with Crippen molar-refractivity contribution in [2.75, 3.05) is 7.11 Å². The van der Waals surface area contributed by atoms with Crippen molar-refractivity contribution in [1.29, 1.82) is 0 Å². The van der Waals surface area contributed by atoms with E-state index in [1.807, 2.05) is 6.07 Å². The summed E-state index contributed by atoms with van der Waals surface area (Å²) in [5, 5.41) is 13.3. The summed E-state index contributed by atoms with van der Waals surface area (Å²) in [6.45, 7) is 4.90. The molecular formula is C14H19Br2NO2. The van der Waals surface area contributed by atoms with Crippen LogP contribution in [0.2, 0.25) is 0 Å². The third-order valence-electron chi connectivity index (χ3n) is 4.04. The lowest BCUT2D eigenvalue weighted by molar-refractivity contribution is -0.0730. The van der Waals surface area contributed by atoms with E-state index in [4.69, 9.17) is 4.74 Å². The maximum atomic E-state index is 9.75. The van der Waals surface area contributed by atoms with E-state index in [-0.39, 0.29) is 11.5 Å². The molecule has 0 aliphatic heterocycles. The highest BCUT2D eigenvalue weighted by Crippen LogP contribution is 2.41. The van der Waals surface area contributed by atoms with Crippen molar-refractivity contribution in [1.82, 2.24) is 5.32 Å². The van der Waals surface area contributed by atoms with E-state index in [1.54, 1.807) is 7.11 Å². The molecule has 1 aliphatic carbocycles. The summed E-state index contributed by atoms with van der Waals surface area (Å²) in [6.07, 6.45) is 0.603. The van der Waals surface area contributed by atoms with Crippen LogP contribution in [0.25, 0.3) is 0 Å². The number of rotatable bonds is 4. The van der Waals surface area contributed by atoms with E-state index in [1.165, 1.54) is 0 Å². The second kappa shape index (κ2) is 5.72. The molecule has 0 bridgehead atoms. The predicted molar refractivity (Wildman–Crippen MR) is 83.4 cm³/mol. The molecule has 19 heavy (non-hydrogen) atoms. The number of benzene rings is 1. The molecule has 1 fully saturated rings. The van der Waals surface area contributed by atoms with Gasteiger partial charge in [0.05, 0.1) is 17.7 Å². The van der Waals surface area contributed by atoms with E-state index >= 15 is 0 Å². The molecule has 1 aromatic carbocycles. The van der Waals surface area contributed by atoms with Crippen LogP contribution < -0.4 is 10.1 Å². The average Bonchev–Trinajstić information content (AvgIpc) is 2.33. The van der Waals surface area contributed by atoms with Crippen molar-refractivity contribution < 1.29 is 9.84 Å². The van der Waals surface area contributed by atoms with Crippen molar-refractivity contribution >= 4 is 31.9 Å². The molecule has 5 heteroatoms. The zero-order chi connectivity index (χ0) is 14.2. The highest BCUT2D eigenvalue weighted by Gasteiger charge is 2.46. The highest BCUT2D eigenvalue weighted by atomic mass is 79.9. The van der Waals surface area contributed by atoms with Crippen LogP contribution in [0.5, 0.6) is 5.75 Å². The second-order valence-corrected chi connectivity index (χ2v) is 7.36. The molecule has 2 N–H and O–H groups in total. The van der Waals surface area contributed by atoms with Crippen LogP contribution in [0, 0.1) is 5.41 Å². The third kappa shape index (κ3) is 2.99. The first-order valence-electron chi connectivity index (χ1n) is 6.29. The Bertz CT molecular complexity index is 477. The summed E-state index contributed by atoms with van der Waals surface area (Å²) in [7, 11) is 1.68. The molecule has 106 valence electrons. The van der Waals surface area contributed by atoms with Gasteiger partial charge < -0.3 is 15.2 Å². The van der Waals surface area contributed by atoms with Gasteiger partial charge in [-0.25, -0.2) is 0 Å². The van der Waals surface area contributed by atoms with Crippen LogP contribution in [0.3, 0.4) is 0 Å². The van der Waals surface area contributed by atoms with Gasteiger partial charge in [0.2, 0.25) is 0 Å². The van der Waals surface area contributed by atoms with Gasteiger partial charge in [0.25, 0.3) is 0 Å². The molecule has 0 aromatic heterocycles. The Labute approximate surface area is 131 Å². The molecule has 2 unspecified atom stereocenters. The van der Waals surface area contributed by atoms with Crippen molar-refractivity contribution in [3.8, 4) is 5.75 Å². The summed E-state index contributed by atoms with van der Waals surface area (Å²) < 4.78 is 7.39. The Balaban J connectivity index is 2.08. The number of ether oxygens (including phenoxy) is 1. The first-order valence-corrected chi connectivity index (χ1v) is 7.88. The van der Waals surface area contributed by atoms with Crippen molar-refractivity contribution in [2.24, 2.45) is 5.41 Å². The van der Waals surface area contributed by atoms with Crippen LogP contribution in [-0.2, 0) is 6.54 Å². The molecular weight excluding hydrogens is 374 g/mol. The molecule has 1 aliphatic rings. The topological polar surface area (TPSA) is 41.5 Å². The summed E-state index contributed by atoms with van der Waals surface area (Å²) >= 11 is 7.00. The minimum Gasteiger partial charge on any atom is -0.495 e. The zero-order valence-corrected chi connectivity index (χ0v) is 14.5. The minimum atomic E-state index is -0.207. The number of hydrogen-bond acceptors (Lipinski definition) is 3.